The topological polar surface area (TPSA) is 94.9 Å². The summed E-state index contributed by atoms with van der Waals surface area (Å²) in [5, 5.41) is 6.12. The third kappa shape index (κ3) is 7.45. The summed E-state index contributed by atoms with van der Waals surface area (Å²) in [7, 11) is 1.60. The average molecular weight is 306 g/mol. The van der Waals surface area contributed by atoms with Crippen LogP contribution in [0.2, 0.25) is 0 Å². The summed E-state index contributed by atoms with van der Waals surface area (Å²) in [6.07, 6.45) is 1.35. The van der Waals surface area contributed by atoms with Gasteiger partial charge in [0.05, 0.1) is 6.54 Å². The molecule has 6 heteroatoms. The second-order valence-corrected chi connectivity index (χ2v) is 4.54. The maximum Gasteiger partial charge on any atom is 0.220 e. The van der Waals surface area contributed by atoms with Crippen LogP contribution in [0.1, 0.15) is 44.9 Å². The Labute approximate surface area is 132 Å². The molecule has 6 nitrogen and oxygen atoms in total. The van der Waals surface area contributed by atoms with Gasteiger partial charge in [-0.25, -0.2) is 0 Å². The van der Waals surface area contributed by atoms with Gasteiger partial charge in [0.25, 0.3) is 0 Å². The van der Waals surface area contributed by atoms with Gasteiger partial charge in [0.1, 0.15) is 5.78 Å². The van der Waals surface area contributed by atoms with Crippen molar-refractivity contribution in [3.63, 3.8) is 0 Å². The van der Waals surface area contributed by atoms with Crippen LogP contribution in [0.25, 0.3) is 10.4 Å². The van der Waals surface area contributed by atoms with Crippen LogP contribution in [0, 0.1) is 0 Å². The minimum Gasteiger partial charge on any atom is -0.359 e. The van der Waals surface area contributed by atoms with Crippen LogP contribution in [0.5, 0.6) is 0 Å². The maximum atomic E-state index is 11.2. The summed E-state index contributed by atoms with van der Waals surface area (Å²) >= 11 is 0. The van der Waals surface area contributed by atoms with Crippen molar-refractivity contribution in [2.45, 2.75) is 47.6 Å². The molecule has 0 saturated carbocycles. The first-order chi connectivity index (χ1) is 9.56. The van der Waals surface area contributed by atoms with E-state index in [4.69, 9.17) is 5.53 Å². The molecule has 0 aliphatic heterocycles. The Bertz CT molecular complexity index is 549. The van der Waals surface area contributed by atoms with Crippen LogP contribution in [-0.2, 0) is 29.0 Å². The van der Waals surface area contributed by atoms with Crippen molar-refractivity contribution in [1.29, 1.82) is 0 Å². The second kappa shape index (κ2) is 11.3. The number of benzene rings is 1. The highest BCUT2D eigenvalue weighted by molar-refractivity contribution is 5.78. The lowest BCUT2D eigenvalue weighted by atomic mass is 9.98. The fourth-order valence-electron chi connectivity index (χ4n) is 1.91. The predicted molar refractivity (Wildman–Crippen MR) is 89.5 cm³/mol. The molecule has 0 unspecified atom stereocenters. The van der Waals surface area contributed by atoms with E-state index in [-0.39, 0.29) is 33.1 Å². The zero-order valence-electron chi connectivity index (χ0n) is 11.7. The molecule has 0 fully saturated rings. The van der Waals surface area contributed by atoms with E-state index in [9.17, 15) is 9.59 Å². The van der Waals surface area contributed by atoms with Crippen molar-refractivity contribution >= 4 is 11.7 Å². The molecule has 0 atom stereocenters. The quantitative estimate of drug-likeness (QED) is 0.473. The van der Waals surface area contributed by atoms with E-state index in [0.717, 1.165) is 16.7 Å². The fourth-order valence-corrected chi connectivity index (χ4v) is 1.91. The molecular formula is C16H26N4O2. The largest absolute Gasteiger partial charge is 0.359 e. The first kappa shape index (κ1) is 22.0. The molecule has 1 rings (SSSR count). The van der Waals surface area contributed by atoms with Crippen LogP contribution in [0.4, 0.5) is 0 Å². The van der Waals surface area contributed by atoms with Gasteiger partial charge in [-0.05, 0) is 35.6 Å². The van der Waals surface area contributed by atoms with Crippen molar-refractivity contribution in [3.8, 4) is 0 Å². The summed E-state index contributed by atoms with van der Waals surface area (Å²) in [6, 6.07) is 5.67. The van der Waals surface area contributed by atoms with Crippen LogP contribution >= 0.6 is 0 Å². The van der Waals surface area contributed by atoms with E-state index < -0.39 is 0 Å². The van der Waals surface area contributed by atoms with Gasteiger partial charge < -0.3 is 5.32 Å². The van der Waals surface area contributed by atoms with Crippen molar-refractivity contribution in [2.75, 3.05) is 7.05 Å². The summed E-state index contributed by atoms with van der Waals surface area (Å²) in [5.74, 6) is 0.0414. The van der Waals surface area contributed by atoms with E-state index >= 15 is 0 Å². The summed E-state index contributed by atoms with van der Waals surface area (Å²) in [5.41, 5.74) is 11.1. The highest BCUT2D eigenvalue weighted by atomic mass is 16.1. The van der Waals surface area contributed by atoms with Crippen LogP contribution in [-0.4, -0.2) is 18.7 Å². The summed E-state index contributed by atoms with van der Waals surface area (Å²) in [6.45, 7) is 1.74. The van der Waals surface area contributed by atoms with Gasteiger partial charge in [-0.15, -0.1) is 0 Å². The van der Waals surface area contributed by atoms with Crippen molar-refractivity contribution < 1.29 is 9.59 Å². The van der Waals surface area contributed by atoms with Crippen molar-refractivity contribution in [3.05, 3.63) is 45.3 Å². The molecule has 0 aliphatic rings. The van der Waals surface area contributed by atoms with Gasteiger partial charge in [-0.3, -0.25) is 9.59 Å². The molecule has 1 aromatic carbocycles. The van der Waals surface area contributed by atoms with Gasteiger partial charge in [-0.2, -0.15) is 0 Å². The van der Waals surface area contributed by atoms with E-state index in [1.807, 2.05) is 18.2 Å². The lowest BCUT2D eigenvalue weighted by Crippen LogP contribution is -2.18. The number of nitrogens with zero attached hydrogens (tertiary/aromatic N) is 3. The molecule has 1 amide bonds. The van der Waals surface area contributed by atoms with Crippen LogP contribution in [0.15, 0.2) is 23.3 Å². The Kier molecular flexibility index (Phi) is 11.3. The molecule has 0 saturated heterocycles. The van der Waals surface area contributed by atoms with Gasteiger partial charge in [-0.1, -0.05) is 38.2 Å². The zero-order chi connectivity index (χ0) is 15.0. The number of Topliss-reactive ketones (excluding diaryl/α,β-unsaturated/α-hetero) is 1. The van der Waals surface area contributed by atoms with Crippen molar-refractivity contribution in [1.82, 2.24) is 5.32 Å². The van der Waals surface area contributed by atoms with Gasteiger partial charge >= 0.3 is 0 Å². The molecule has 1 aromatic rings. The van der Waals surface area contributed by atoms with Gasteiger partial charge in [0.2, 0.25) is 5.91 Å². The Morgan fingerprint density at radius 2 is 1.95 bits per heavy atom. The number of nitrogens with one attached hydrogen (secondary N) is 1. The van der Waals surface area contributed by atoms with Gasteiger partial charge in [0.15, 0.2) is 0 Å². The third-order valence-corrected chi connectivity index (χ3v) is 2.93. The SMILES string of the molecule is C.C.CNC(=O)CCc1ccc(CC(C)=O)c(CN=[N+]=[N-])c1. The molecule has 0 aromatic heterocycles. The summed E-state index contributed by atoms with van der Waals surface area (Å²) in [4.78, 5) is 25.2. The van der Waals surface area contributed by atoms with Gasteiger partial charge in [0, 0.05) is 24.8 Å². The minimum atomic E-state index is -0.0191. The average Bonchev–Trinajstić information content (AvgIpc) is 2.43. The molecule has 0 spiro atoms. The molecule has 122 valence electrons. The standard InChI is InChI=1S/C14H18N4O2.2CH4/c1-10(19)7-12-5-3-11(4-6-14(20)16-2)8-13(12)9-17-18-15;;/h3,5,8H,4,6-7,9H2,1-2H3,(H,16,20);2*1H4. The zero-order valence-corrected chi connectivity index (χ0v) is 11.7. The predicted octanol–water partition coefficient (Wildman–Crippen LogP) is 3.58. The Hall–Kier alpha value is -2.33. The highest BCUT2D eigenvalue weighted by Gasteiger charge is 2.07. The fraction of sp³-hybridized carbons (Fsp3) is 0.500. The van der Waals surface area contributed by atoms with E-state index in [0.29, 0.717) is 19.3 Å². The number of hydrogen-bond acceptors (Lipinski definition) is 3. The van der Waals surface area contributed by atoms with E-state index in [1.165, 1.54) is 6.92 Å². The number of carbonyl (C=O) groups is 2. The molecule has 0 aliphatic carbocycles. The molecule has 22 heavy (non-hydrogen) atoms. The first-order valence-electron chi connectivity index (χ1n) is 6.38. The van der Waals surface area contributed by atoms with Crippen molar-refractivity contribution in [2.24, 2.45) is 5.11 Å². The number of carbonyl (C=O) groups excluding carboxylic acids is 2. The lowest BCUT2D eigenvalue weighted by molar-refractivity contribution is -0.120. The smallest absolute Gasteiger partial charge is 0.220 e. The lowest BCUT2D eigenvalue weighted by Gasteiger charge is -2.09. The second-order valence-electron chi connectivity index (χ2n) is 4.54. The Balaban J connectivity index is 0. The Morgan fingerprint density at radius 3 is 2.50 bits per heavy atom. The highest BCUT2D eigenvalue weighted by Crippen LogP contribution is 2.16. The number of azide groups is 1. The van der Waals surface area contributed by atoms with E-state index in [1.54, 1.807) is 7.05 Å². The van der Waals surface area contributed by atoms with Crippen LogP contribution in [0.3, 0.4) is 0 Å². The molecule has 1 N–H and O–H groups in total. The maximum absolute atomic E-state index is 11.2. The number of amides is 1. The molecule has 0 heterocycles. The number of aryl methyl sites for hydroxylation is 1. The minimum absolute atomic E-state index is 0. The third-order valence-electron chi connectivity index (χ3n) is 2.93. The number of hydrogen-bond donors (Lipinski definition) is 1. The normalized spacial score (nSPS) is 8.82. The van der Waals surface area contributed by atoms with E-state index in [2.05, 4.69) is 15.3 Å². The molecule has 0 bridgehead atoms. The monoisotopic (exact) mass is 306 g/mol. The molecular weight excluding hydrogens is 280 g/mol. The Morgan fingerprint density at radius 1 is 1.27 bits per heavy atom. The molecule has 0 radical (unpaired) electrons. The first-order valence-corrected chi connectivity index (χ1v) is 6.38. The number of ketones is 1. The van der Waals surface area contributed by atoms with Crippen LogP contribution < -0.4 is 5.32 Å². The number of rotatable bonds is 7. The summed E-state index contributed by atoms with van der Waals surface area (Å²) < 4.78 is 0.